The first-order chi connectivity index (χ1) is 12.6. The van der Waals surface area contributed by atoms with E-state index in [-0.39, 0.29) is 6.03 Å². The van der Waals surface area contributed by atoms with E-state index < -0.39 is 0 Å². The molecular weight excluding hydrogens is 326 g/mol. The van der Waals surface area contributed by atoms with Gasteiger partial charge in [-0.3, -0.25) is 4.90 Å². The molecule has 2 aromatic carbocycles. The highest BCUT2D eigenvalue weighted by atomic mass is 16.5. The number of nitrogens with zero attached hydrogens (tertiary/aromatic N) is 1. The molecule has 2 N–H and O–H groups in total. The maximum Gasteiger partial charge on any atom is 0.319 e. The van der Waals surface area contributed by atoms with Crippen molar-refractivity contribution in [1.82, 2.24) is 10.2 Å². The molecule has 1 heterocycles. The van der Waals surface area contributed by atoms with E-state index in [0.717, 1.165) is 49.2 Å². The van der Waals surface area contributed by atoms with E-state index in [1.54, 1.807) is 0 Å². The van der Waals surface area contributed by atoms with E-state index in [1.165, 1.54) is 0 Å². The average Bonchev–Trinajstić information content (AvgIpc) is 2.66. The van der Waals surface area contributed by atoms with Crippen LogP contribution in [0.15, 0.2) is 42.5 Å². The number of carbonyl (C=O) groups excluding carboxylic acids is 1. The highest BCUT2D eigenvalue weighted by molar-refractivity contribution is 6.01. The zero-order valence-electron chi connectivity index (χ0n) is 15.7. The van der Waals surface area contributed by atoms with Crippen molar-refractivity contribution in [3.05, 3.63) is 42.5 Å². The van der Waals surface area contributed by atoms with Gasteiger partial charge in [0.15, 0.2) is 0 Å². The van der Waals surface area contributed by atoms with Gasteiger partial charge in [0, 0.05) is 31.1 Å². The van der Waals surface area contributed by atoms with Crippen LogP contribution in [0.4, 0.5) is 10.5 Å². The second-order valence-electron chi connectivity index (χ2n) is 7.29. The summed E-state index contributed by atoms with van der Waals surface area (Å²) >= 11 is 0. The van der Waals surface area contributed by atoms with Gasteiger partial charge in [-0.25, -0.2) is 4.79 Å². The maximum atomic E-state index is 12.5. The number of hydrogen-bond donors (Lipinski definition) is 2. The molecule has 1 aliphatic heterocycles. The lowest BCUT2D eigenvalue weighted by Gasteiger charge is -2.35. The van der Waals surface area contributed by atoms with Crippen LogP contribution in [0.25, 0.3) is 10.8 Å². The number of urea groups is 1. The molecule has 0 aliphatic carbocycles. The summed E-state index contributed by atoms with van der Waals surface area (Å²) in [4.78, 5) is 14.9. The number of benzene rings is 2. The number of fused-ring (bicyclic) bond motifs is 1. The normalized spacial score (nSPS) is 16.6. The summed E-state index contributed by atoms with van der Waals surface area (Å²) in [5.74, 6) is 0.589. The molecule has 26 heavy (non-hydrogen) atoms. The molecule has 2 amide bonds. The molecule has 0 aromatic heterocycles. The van der Waals surface area contributed by atoms with Gasteiger partial charge in [0.25, 0.3) is 0 Å². The lowest BCUT2D eigenvalue weighted by Crippen LogP contribution is -2.49. The summed E-state index contributed by atoms with van der Waals surface area (Å²) in [7, 11) is 0. The summed E-state index contributed by atoms with van der Waals surface area (Å²) in [6.45, 7) is 8.52. The van der Waals surface area contributed by atoms with Crippen molar-refractivity contribution in [2.24, 2.45) is 5.92 Å². The molecule has 5 nitrogen and oxygen atoms in total. The predicted octanol–water partition coefficient (Wildman–Crippen LogP) is 3.71. The minimum absolute atomic E-state index is 0.150. The Balaban J connectivity index is 1.60. The van der Waals surface area contributed by atoms with Crippen LogP contribution in [0, 0.1) is 5.92 Å². The van der Waals surface area contributed by atoms with Crippen molar-refractivity contribution in [1.29, 1.82) is 0 Å². The molecule has 1 saturated heterocycles. The minimum Gasteiger partial charge on any atom is -0.379 e. The zero-order chi connectivity index (χ0) is 18.4. The van der Waals surface area contributed by atoms with Crippen LogP contribution in [0.1, 0.15) is 20.3 Å². The van der Waals surface area contributed by atoms with E-state index in [9.17, 15) is 4.79 Å². The number of carbonyl (C=O) groups is 1. The van der Waals surface area contributed by atoms with E-state index >= 15 is 0 Å². The lowest BCUT2D eigenvalue weighted by molar-refractivity contribution is 0.0130. The van der Waals surface area contributed by atoms with E-state index in [1.807, 2.05) is 30.3 Å². The first kappa shape index (κ1) is 18.7. The Kier molecular flexibility index (Phi) is 6.47. The molecule has 2 aromatic rings. The Labute approximate surface area is 155 Å². The van der Waals surface area contributed by atoms with Gasteiger partial charge in [-0.15, -0.1) is 0 Å². The van der Waals surface area contributed by atoms with Crippen molar-refractivity contribution in [3.8, 4) is 0 Å². The molecule has 1 fully saturated rings. The van der Waals surface area contributed by atoms with Crippen LogP contribution < -0.4 is 10.6 Å². The van der Waals surface area contributed by atoms with Crippen LogP contribution in [0.3, 0.4) is 0 Å². The van der Waals surface area contributed by atoms with Gasteiger partial charge in [-0.05, 0) is 23.8 Å². The summed E-state index contributed by atoms with van der Waals surface area (Å²) in [5, 5.41) is 8.24. The maximum absolute atomic E-state index is 12.5. The van der Waals surface area contributed by atoms with Crippen LogP contribution >= 0.6 is 0 Å². The molecule has 1 atom stereocenters. The number of ether oxygens (including phenoxy) is 1. The highest BCUT2D eigenvalue weighted by Gasteiger charge is 2.22. The number of anilines is 1. The topological polar surface area (TPSA) is 53.6 Å². The summed E-state index contributed by atoms with van der Waals surface area (Å²) in [5.41, 5.74) is 0.840. The molecule has 1 unspecified atom stereocenters. The number of rotatable bonds is 6. The monoisotopic (exact) mass is 355 g/mol. The van der Waals surface area contributed by atoms with Crippen LogP contribution in [-0.2, 0) is 4.74 Å². The number of hydrogen-bond acceptors (Lipinski definition) is 3. The Morgan fingerprint density at radius 1 is 1.12 bits per heavy atom. The summed E-state index contributed by atoms with van der Waals surface area (Å²) < 4.78 is 5.46. The summed E-state index contributed by atoms with van der Waals surface area (Å²) in [6, 6.07) is 14.2. The third-order valence-electron chi connectivity index (χ3n) is 4.84. The third-order valence-corrected chi connectivity index (χ3v) is 4.84. The first-order valence-corrected chi connectivity index (χ1v) is 9.48. The molecule has 0 radical (unpaired) electrons. The van der Waals surface area contributed by atoms with Crippen LogP contribution in [0.5, 0.6) is 0 Å². The fourth-order valence-corrected chi connectivity index (χ4v) is 3.56. The molecular formula is C21H29N3O2. The van der Waals surface area contributed by atoms with Gasteiger partial charge in [-0.2, -0.15) is 0 Å². The Bertz CT molecular complexity index is 721. The molecule has 1 aliphatic rings. The van der Waals surface area contributed by atoms with Gasteiger partial charge in [-0.1, -0.05) is 50.2 Å². The lowest BCUT2D eigenvalue weighted by atomic mass is 10.0. The standard InChI is InChI=1S/C21H29N3O2/c1-16(2)14-18(24-10-12-26-13-11-24)15-22-21(25)23-20-9-5-7-17-6-3-4-8-19(17)20/h3-9,16,18H,10-15H2,1-2H3,(H2,22,23,25). The molecule has 5 heteroatoms. The second-order valence-corrected chi connectivity index (χ2v) is 7.29. The van der Waals surface area contributed by atoms with Crippen molar-refractivity contribution in [3.63, 3.8) is 0 Å². The number of morpholine rings is 1. The second kappa shape index (κ2) is 9.01. The number of amides is 2. The van der Waals surface area contributed by atoms with Crippen LogP contribution in [-0.4, -0.2) is 49.8 Å². The molecule has 3 rings (SSSR count). The quantitative estimate of drug-likeness (QED) is 0.831. The zero-order valence-corrected chi connectivity index (χ0v) is 15.7. The van der Waals surface area contributed by atoms with Gasteiger partial charge >= 0.3 is 6.03 Å². The molecule has 0 bridgehead atoms. The largest absolute Gasteiger partial charge is 0.379 e. The van der Waals surface area contributed by atoms with Gasteiger partial charge in [0.2, 0.25) is 0 Å². The average molecular weight is 355 g/mol. The Morgan fingerprint density at radius 3 is 2.62 bits per heavy atom. The Hall–Kier alpha value is -2.11. The van der Waals surface area contributed by atoms with Gasteiger partial charge in [0.1, 0.15) is 0 Å². The van der Waals surface area contributed by atoms with E-state index in [2.05, 4.69) is 41.5 Å². The van der Waals surface area contributed by atoms with Crippen molar-refractivity contribution in [2.45, 2.75) is 26.3 Å². The van der Waals surface area contributed by atoms with E-state index in [0.29, 0.717) is 18.5 Å². The van der Waals surface area contributed by atoms with Crippen molar-refractivity contribution < 1.29 is 9.53 Å². The third kappa shape index (κ3) is 4.96. The summed E-state index contributed by atoms with van der Waals surface area (Å²) in [6.07, 6.45) is 1.06. The predicted molar refractivity (Wildman–Crippen MR) is 107 cm³/mol. The molecule has 0 spiro atoms. The smallest absolute Gasteiger partial charge is 0.319 e. The SMILES string of the molecule is CC(C)CC(CNC(=O)Nc1cccc2ccccc12)N1CCOCC1. The molecule has 0 saturated carbocycles. The van der Waals surface area contributed by atoms with Gasteiger partial charge < -0.3 is 15.4 Å². The Morgan fingerprint density at radius 2 is 1.85 bits per heavy atom. The van der Waals surface area contributed by atoms with Crippen LogP contribution in [0.2, 0.25) is 0 Å². The van der Waals surface area contributed by atoms with Crippen molar-refractivity contribution >= 4 is 22.5 Å². The first-order valence-electron chi connectivity index (χ1n) is 9.48. The van der Waals surface area contributed by atoms with Gasteiger partial charge in [0.05, 0.1) is 18.9 Å². The number of nitrogens with one attached hydrogen (secondary N) is 2. The highest BCUT2D eigenvalue weighted by Crippen LogP contribution is 2.22. The fraction of sp³-hybridized carbons (Fsp3) is 0.476. The van der Waals surface area contributed by atoms with E-state index in [4.69, 9.17) is 4.74 Å². The molecule has 140 valence electrons. The fourth-order valence-electron chi connectivity index (χ4n) is 3.56. The minimum atomic E-state index is -0.150. The van der Waals surface area contributed by atoms with Crippen molar-refractivity contribution in [2.75, 3.05) is 38.2 Å².